The third kappa shape index (κ3) is 1.15. The second-order valence-corrected chi connectivity index (χ2v) is 5.46. The van der Waals surface area contributed by atoms with E-state index in [1.807, 2.05) is 6.92 Å². The topological polar surface area (TPSA) is 57.5 Å². The highest BCUT2D eigenvalue weighted by molar-refractivity contribution is 5.88. The molecule has 80 valence electrons. The maximum absolute atomic E-state index is 11.7. The molecule has 0 radical (unpaired) electrons. The van der Waals surface area contributed by atoms with Crippen LogP contribution < -0.4 is 0 Å². The Morgan fingerprint density at radius 3 is 2.43 bits per heavy atom. The van der Waals surface area contributed by atoms with Gasteiger partial charge < -0.3 is 10.2 Å². The molecule has 0 aromatic carbocycles. The Labute approximate surface area is 84.1 Å². The molecular formula is C11H18O3. The van der Waals surface area contributed by atoms with Crippen LogP contribution in [-0.2, 0) is 4.79 Å². The fraction of sp³-hybridized carbons (Fsp3) is 0.909. The third-order valence-electron chi connectivity index (χ3n) is 4.25. The van der Waals surface area contributed by atoms with Gasteiger partial charge in [-0.2, -0.15) is 0 Å². The molecule has 0 aromatic heterocycles. The summed E-state index contributed by atoms with van der Waals surface area (Å²) in [5, 5.41) is 20.3. The number of ketones is 1. The molecule has 0 spiro atoms. The van der Waals surface area contributed by atoms with Crippen LogP contribution in [0.4, 0.5) is 0 Å². The first-order valence-electron chi connectivity index (χ1n) is 5.27. The average Bonchev–Trinajstić information content (AvgIpc) is 2.27. The molecule has 14 heavy (non-hydrogen) atoms. The largest absolute Gasteiger partial charge is 0.390 e. The van der Waals surface area contributed by atoms with E-state index in [1.54, 1.807) is 6.92 Å². The Morgan fingerprint density at radius 2 is 1.79 bits per heavy atom. The summed E-state index contributed by atoms with van der Waals surface area (Å²) in [5.41, 5.74) is -2.38. The Balaban J connectivity index is 2.34. The fourth-order valence-corrected chi connectivity index (χ4v) is 3.02. The van der Waals surface area contributed by atoms with Crippen molar-refractivity contribution in [3.8, 4) is 0 Å². The van der Waals surface area contributed by atoms with Crippen LogP contribution in [0.1, 0.15) is 46.0 Å². The molecule has 3 atom stereocenters. The highest BCUT2D eigenvalue weighted by atomic mass is 16.3. The number of fused-ring (bicyclic) bond motifs is 1. The third-order valence-corrected chi connectivity index (χ3v) is 4.25. The van der Waals surface area contributed by atoms with Gasteiger partial charge in [-0.3, -0.25) is 4.79 Å². The minimum Gasteiger partial charge on any atom is -0.390 e. The van der Waals surface area contributed by atoms with Gasteiger partial charge in [0.1, 0.15) is 5.78 Å². The van der Waals surface area contributed by atoms with E-state index in [-0.39, 0.29) is 5.78 Å². The second-order valence-electron chi connectivity index (χ2n) is 5.46. The molecular weight excluding hydrogens is 180 g/mol. The summed E-state index contributed by atoms with van der Waals surface area (Å²) in [6, 6.07) is 0. The van der Waals surface area contributed by atoms with Crippen LogP contribution in [0.2, 0.25) is 0 Å². The highest BCUT2D eigenvalue weighted by Crippen LogP contribution is 2.54. The van der Waals surface area contributed by atoms with Gasteiger partial charge in [0.2, 0.25) is 0 Å². The van der Waals surface area contributed by atoms with Crippen molar-refractivity contribution in [2.75, 3.05) is 0 Å². The standard InChI is InChI=1S/C11H18O3/c1-9(13)5-6-10(2)8(12)3-4-11(10,14)7-9/h13-14H,3-7H2,1-2H3. The molecule has 3 unspecified atom stereocenters. The van der Waals surface area contributed by atoms with Crippen LogP contribution in [0, 0.1) is 5.41 Å². The first-order chi connectivity index (χ1) is 6.29. The smallest absolute Gasteiger partial charge is 0.141 e. The molecule has 2 fully saturated rings. The maximum Gasteiger partial charge on any atom is 0.141 e. The van der Waals surface area contributed by atoms with Crippen LogP contribution >= 0.6 is 0 Å². The fourth-order valence-electron chi connectivity index (χ4n) is 3.02. The molecule has 0 heterocycles. The van der Waals surface area contributed by atoms with Gasteiger partial charge in [0, 0.05) is 12.8 Å². The summed E-state index contributed by atoms with van der Waals surface area (Å²) in [6.07, 6.45) is 2.52. The van der Waals surface area contributed by atoms with Gasteiger partial charge >= 0.3 is 0 Å². The van der Waals surface area contributed by atoms with Crippen LogP contribution in [0.5, 0.6) is 0 Å². The molecule has 2 N–H and O–H groups in total. The van der Waals surface area contributed by atoms with E-state index >= 15 is 0 Å². The molecule has 0 saturated heterocycles. The van der Waals surface area contributed by atoms with Gasteiger partial charge in [-0.25, -0.2) is 0 Å². The van der Waals surface area contributed by atoms with E-state index < -0.39 is 16.6 Å². The van der Waals surface area contributed by atoms with Crippen LogP contribution in [0.3, 0.4) is 0 Å². The molecule has 2 saturated carbocycles. The van der Waals surface area contributed by atoms with Gasteiger partial charge in [0.25, 0.3) is 0 Å². The molecule has 0 bridgehead atoms. The van der Waals surface area contributed by atoms with Gasteiger partial charge in [-0.15, -0.1) is 0 Å². The molecule has 0 aromatic rings. The number of hydrogen-bond acceptors (Lipinski definition) is 3. The van der Waals surface area contributed by atoms with Gasteiger partial charge in [-0.1, -0.05) is 0 Å². The quantitative estimate of drug-likeness (QED) is 0.611. The lowest BCUT2D eigenvalue weighted by Crippen LogP contribution is -2.54. The lowest BCUT2D eigenvalue weighted by Gasteiger charge is -2.48. The van der Waals surface area contributed by atoms with E-state index in [1.165, 1.54) is 0 Å². The van der Waals surface area contributed by atoms with E-state index in [0.29, 0.717) is 32.1 Å². The molecule has 2 aliphatic rings. The van der Waals surface area contributed by atoms with Gasteiger partial charge in [0.05, 0.1) is 16.6 Å². The van der Waals surface area contributed by atoms with Crippen molar-refractivity contribution in [1.82, 2.24) is 0 Å². The summed E-state index contributed by atoms with van der Waals surface area (Å²) in [7, 11) is 0. The van der Waals surface area contributed by atoms with Crippen molar-refractivity contribution < 1.29 is 15.0 Å². The molecule has 3 nitrogen and oxygen atoms in total. The maximum atomic E-state index is 11.7. The van der Waals surface area contributed by atoms with E-state index in [4.69, 9.17) is 0 Å². The van der Waals surface area contributed by atoms with Crippen molar-refractivity contribution in [2.24, 2.45) is 5.41 Å². The molecule has 0 aliphatic heterocycles. The zero-order valence-electron chi connectivity index (χ0n) is 8.84. The Hall–Kier alpha value is -0.410. The van der Waals surface area contributed by atoms with E-state index in [2.05, 4.69) is 0 Å². The second kappa shape index (κ2) is 2.58. The summed E-state index contributed by atoms with van der Waals surface area (Å²) < 4.78 is 0. The van der Waals surface area contributed by atoms with Crippen molar-refractivity contribution in [2.45, 2.75) is 57.2 Å². The summed E-state index contributed by atoms with van der Waals surface area (Å²) >= 11 is 0. The van der Waals surface area contributed by atoms with Crippen LogP contribution in [-0.4, -0.2) is 27.2 Å². The molecule has 0 amide bonds. The number of carbonyl (C=O) groups is 1. The summed E-state index contributed by atoms with van der Waals surface area (Å²) in [6.45, 7) is 3.59. The van der Waals surface area contributed by atoms with Crippen molar-refractivity contribution in [3.05, 3.63) is 0 Å². The Morgan fingerprint density at radius 1 is 1.14 bits per heavy atom. The number of rotatable bonds is 0. The predicted molar refractivity (Wildman–Crippen MR) is 51.8 cm³/mol. The van der Waals surface area contributed by atoms with Crippen molar-refractivity contribution in [3.63, 3.8) is 0 Å². The normalized spacial score (nSPS) is 53.3. The minimum atomic E-state index is -0.966. The first kappa shape index (κ1) is 10.1. The Bertz CT molecular complexity index is 284. The molecule has 2 aliphatic carbocycles. The number of aliphatic hydroxyl groups is 2. The first-order valence-corrected chi connectivity index (χ1v) is 5.27. The van der Waals surface area contributed by atoms with Gasteiger partial charge in [-0.05, 0) is 33.1 Å². The predicted octanol–water partition coefficient (Wildman–Crippen LogP) is 1.02. The van der Waals surface area contributed by atoms with Crippen molar-refractivity contribution >= 4 is 5.78 Å². The Kier molecular flexibility index (Phi) is 1.87. The minimum absolute atomic E-state index is 0.163. The van der Waals surface area contributed by atoms with E-state index in [9.17, 15) is 15.0 Å². The average molecular weight is 198 g/mol. The lowest BCUT2D eigenvalue weighted by atomic mass is 9.62. The number of carbonyl (C=O) groups excluding carboxylic acids is 1. The van der Waals surface area contributed by atoms with Gasteiger partial charge in [0.15, 0.2) is 0 Å². The summed E-state index contributed by atoms with van der Waals surface area (Å²) in [5.74, 6) is 0.163. The molecule has 2 rings (SSSR count). The van der Waals surface area contributed by atoms with Crippen LogP contribution in [0.15, 0.2) is 0 Å². The summed E-state index contributed by atoms with van der Waals surface area (Å²) in [4.78, 5) is 11.7. The highest BCUT2D eigenvalue weighted by Gasteiger charge is 2.60. The zero-order chi connectivity index (χ0) is 10.6. The SMILES string of the molecule is CC1(O)CCC2(C)C(=O)CCC2(O)C1. The van der Waals surface area contributed by atoms with E-state index in [0.717, 1.165) is 0 Å². The monoisotopic (exact) mass is 198 g/mol. The van der Waals surface area contributed by atoms with Crippen LogP contribution in [0.25, 0.3) is 0 Å². The number of Topliss-reactive ketones (excluding diaryl/α,β-unsaturated/α-hetero) is 1. The van der Waals surface area contributed by atoms with Crippen molar-refractivity contribution in [1.29, 1.82) is 0 Å². The zero-order valence-corrected chi connectivity index (χ0v) is 8.84. The lowest BCUT2D eigenvalue weighted by molar-refractivity contribution is -0.162. The molecule has 3 heteroatoms. The number of hydrogen-bond donors (Lipinski definition) is 2.